The first-order valence-electron chi connectivity index (χ1n) is 10.4. The number of hydrogen-bond acceptors (Lipinski definition) is 4. The first-order valence-corrected chi connectivity index (χ1v) is 12.1. The van der Waals surface area contributed by atoms with Crippen LogP contribution in [0.5, 0.6) is 5.75 Å². The van der Waals surface area contributed by atoms with Gasteiger partial charge in [-0.15, -0.1) is 0 Å². The van der Waals surface area contributed by atoms with Gasteiger partial charge < -0.3 is 10.1 Å². The number of methoxy groups -OCH3 is 1. The summed E-state index contributed by atoms with van der Waals surface area (Å²) in [6.45, 7) is 1.87. The van der Waals surface area contributed by atoms with E-state index in [4.69, 9.17) is 4.74 Å². The molecule has 1 heterocycles. The summed E-state index contributed by atoms with van der Waals surface area (Å²) in [6, 6.07) is 22.9. The van der Waals surface area contributed by atoms with Gasteiger partial charge in [-0.05, 0) is 64.3 Å². The van der Waals surface area contributed by atoms with Gasteiger partial charge in [0.2, 0.25) is 5.91 Å². The Morgan fingerprint density at radius 2 is 1.85 bits per heavy atom. The third-order valence-corrected chi connectivity index (χ3v) is 6.98. The van der Waals surface area contributed by atoms with E-state index in [9.17, 15) is 9.59 Å². The number of para-hydroxylation sites is 1. The monoisotopic (exact) mass is 522 g/mol. The quantitative estimate of drug-likeness (QED) is 0.414. The Balaban J connectivity index is 1.58. The summed E-state index contributed by atoms with van der Waals surface area (Å²) >= 11 is 4.90. The smallest absolute Gasteiger partial charge is 0.265 e. The van der Waals surface area contributed by atoms with Crippen molar-refractivity contribution in [3.05, 3.63) is 93.3 Å². The zero-order chi connectivity index (χ0) is 23.4. The largest absolute Gasteiger partial charge is 0.496 e. The van der Waals surface area contributed by atoms with Gasteiger partial charge in [-0.3, -0.25) is 14.5 Å². The van der Waals surface area contributed by atoms with E-state index in [0.717, 1.165) is 31.9 Å². The Hall–Kier alpha value is -3.03. The number of halogens is 1. The molecule has 0 saturated heterocycles. The molecule has 0 saturated carbocycles. The average Bonchev–Trinajstić information content (AvgIpc) is 2.82. The van der Waals surface area contributed by atoms with Gasteiger partial charge in [0, 0.05) is 4.90 Å². The number of thioether (sulfide) groups is 1. The lowest BCUT2D eigenvalue weighted by atomic mass is 10.1. The highest BCUT2D eigenvalue weighted by Crippen LogP contribution is 2.42. The molecule has 7 heteroatoms. The Kier molecular flexibility index (Phi) is 7.20. The fourth-order valence-corrected chi connectivity index (χ4v) is 5.22. The Labute approximate surface area is 206 Å². The molecule has 2 amide bonds. The minimum absolute atomic E-state index is 0.0583. The zero-order valence-electron chi connectivity index (χ0n) is 18.2. The van der Waals surface area contributed by atoms with Gasteiger partial charge in [0.25, 0.3) is 5.91 Å². The van der Waals surface area contributed by atoms with E-state index in [-0.39, 0.29) is 24.4 Å². The van der Waals surface area contributed by atoms with Crippen molar-refractivity contribution in [2.45, 2.75) is 17.9 Å². The minimum Gasteiger partial charge on any atom is -0.496 e. The Bertz CT molecular complexity index is 1210. The van der Waals surface area contributed by atoms with Crippen LogP contribution in [0.3, 0.4) is 0 Å². The van der Waals surface area contributed by atoms with Gasteiger partial charge >= 0.3 is 0 Å². The molecule has 1 aliphatic heterocycles. The second kappa shape index (κ2) is 10.3. The SMILES string of the molecule is COc1ccc(/C=C2/Sc3ccccc3N(CC(=O)NC(C)c3ccccc3)C2=O)cc1Br. The van der Waals surface area contributed by atoms with Crippen LogP contribution < -0.4 is 15.0 Å². The summed E-state index contributed by atoms with van der Waals surface area (Å²) in [6.07, 6.45) is 1.84. The maximum atomic E-state index is 13.4. The van der Waals surface area contributed by atoms with Crippen LogP contribution in [0.4, 0.5) is 5.69 Å². The van der Waals surface area contributed by atoms with Crippen LogP contribution in [0.2, 0.25) is 0 Å². The molecule has 168 valence electrons. The molecule has 1 atom stereocenters. The van der Waals surface area contributed by atoms with Gasteiger partial charge in [0.05, 0.1) is 28.2 Å². The number of carbonyl (C=O) groups is 2. The average molecular weight is 523 g/mol. The number of fused-ring (bicyclic) bond motifs is 1. The number of hydrogen-bond donors (Lipinski definition) is 1. The maximum absolute atomic E-state index is 13.4. The molecule has 3 aromatic rings. The number of amides is 2. The first-order chi connectivity index (χ1) is 16.0. The van der Waals surface area contributed by atoms with Gasteiger partial charge in [0.1, 0.15) is 12.3 Å². The van der Waals surface area contributed by atoms with Gasteiger partial charge in [-0.1, -0.05) is 60.3 Å². The van der Waals surface area contributed by atoms with Crippen LogP contribution in [0.15, 0.2) is 87.1 Å². The van der Waals surface area contributed by atoms with Crippen LogP contribution in [0, 0.1) is 0 Å². The topological polar surface area (TPSA) is 58.6 Å². The van der Waals surface area contributed by atoms with Crippen LogP contribution in [-0.4, -0.2) is 25.5 Å². The summed E-state index contributed by atoms with van der Waals surface area (Å²) < 4.78 is 6.09. The Morgan fingerprint density at radius 3 is 2.58 bits per heavy atom. The molecule has 3 aromatic carbocycles. The van der Waals surface area contributed by atoms with Crippen molar-refractivity contribution in [1.82, 2.24) is 5.32 Å². The fourth-order valence-electron chi connectivity index (χ4n) is 3.60. The minimum atomic E-state index is -0.215. The van der Waals surface area contributed by atoms with E-state index in [1.54, 1.807) is 12.0 Å². The number of carbonyl (C=O) groups excluding carboxylic acids is 2. The number of rotatable bonds is 6. The van der Waals surface area contributed by atoms with E-state index in [2.05, 4.69) is 21.2 Å². The normalized spacial score (nSPS) is 15.2. The lowest BCUT2D eigenvalue weighted by Crippen LogP contribution is -2.43. The van der Waals surface area contributed by atoms with Crippen molar-refractivity contribution in [3.8, 4) is 5.75 Å². The second-order valence-corrected chi connectivity index (χ2v) is 9.50. The predicted molar refractivity (Wildman–Crippen MR) is 136 cm³/mol. The lowest BCUT2D eigenvalue weighted by molar-refractivity contribution is -0.122. The predicted octanol–water partition coefficient (Wildman–Crippen LogP) is 5.81. The number of anilines is 1. The molecule has 0 aliphatic carbocycles. The van der Waals surface area contributed by atoms with Crippen LogP contribution >= 0.6 is 27.7 Å². The van der Waals surface area contributed by atoms with Crippen molar-refractivity contribution in [1.29, 1.82) is 0 Å². The molecule has 0 spiro atoms. The fraction of sp³-hybridized carbons (Fsp3) is 0.154. The molecule has 0 radical (unpaired) electrons. The van der Waals surface area contributed by atoms with Gasteiger partial charge in [0.15, 0.2) is 0 Å². The number of ether oxygens (including phenoxy) is 1. The second-order valence-electron chi connectivity index (χ2n) is 7.56. The Morgan fingerprint density at radius 1 is 1.12 bits per heavy atom. The lowest BCUT2D eigenvalue weighted by Gasteiger charge is -2.30. The van der Waals surface area contributed by atoms with E-state index >= 15 is 0 Å². The van der Waals surface area contributed by atoms with E-state index in [1.165, 1.54) is 11.8 Å². The molecule has 0 fully saturated rings. The van der Waals surface area contributed by atoms with Crippen LogP contribution in [0.25, 0.3) is 6.08 Å². The summed E-state index contributed by atoms with van der Waals surface area (Å²) in [4.78, 5) is 29.3. The summed E-state index contributed by atoms with van der Waals surface area (Å²) in [5.74, 6) is 0.303. The van der Waals surface area contributed by atoms with Gasteiger partial charge in [-0.2, -0.15) is 0 Å². The standard InChI is InChI=1S/C26H23BrN2O3S/c1-17(19-8-4-3-5-9-19)28-25(30)16-29-21-10-6-7-11-23(21)33-24(26(29)31)15-18-12-13-22(32-2)20(27)14-18/h3-15,17H,16H2,1-2H3,(H,28,30)/b24-15+. The third kappa shape index (κ3) is 5.31. The molecule has 0 aromatic heterocycles. The summed E-state index contributed by atoms with van der Waals surface area (Å²) in [7, 11) is 1.61. The highest BCUT2D eigenvalue weighted by Gasteiger charge is 2.30. The molecular formula is C26H23BrN2O3S. The number of benzene rings is 3. The first kappa shape index (κ1) is 23.1. The molecule has 1 aliphatic rings. The highest BCUT2D eigenvalue weighted by atomic mass is 79.9. The third-order valence-electron chi connectivity index (χ3n) is 5.28. The number of nitrogens with one attached hydrogen (secondary N) is 1. The van der Waals surface area contributed by atoms with Crippen molar-refractivity contribution in [2.75, 3.05) is 18.6 Å². The highest BCUT2D eigenvalue weighted by molar-refractivity contribution is 9.10. The molecule has 4 rings (SSSR count). The van der Waals surface area contributed by atoms with Crippen LogP contribution in [-0.2, 0) is 9.59 Å². The van der Waals surface area contributed by atoms with Crippen LogP contribution in [0.1, 0.15) is 24.1 Å². The number of nitrogens with zero attached hydrogens (tertiary/aromatic N) is 1. The summed E-state index contributed by atoms with van der Waals surface area (Å²) in [5.41, 5.74) is 2.61. The van der Waals surface area contributed by atoms with Crippen molar-refractivity contribution < 1.29 is 14.3 Å². The van der Waals surface area contributed by atoms with E-state index < -0.39 is 0 Å². The van der Waals surface area contributed by atoms with E-state index in [0.29, 0.717) is 4.91 Å². The zero-order valence-corrected chi connectivity index (χ0v) is 20.7. The molecule has 33 heavy (non-hydrogen) atoms. The molecule has 5 nitrogen and oxygen atoms in total. The van der Waals surface area contributed by atoms with Crippen molar-refractivity contribution >= 4 is 51.3 Å². The van der Waals surface area contributed by atoms with E-state index in [1.807, 2.05) is 85.8 Å². The maximum Gasteiger partial charge on any atom is 0.265 e. The molecular weight excluding hydrogens is 500 g/mol. The van der Waals surface area contributed by atoms with Gasteiger partial charge in [-0.25, -0.2) is 0 Å². The molecule has 0 bridgehead atoms. The molecule has 1 N–H and O–H groups in total. The van der Waals surface area contributed by atoms with Crippen molar-refractivity contribution in [3.63, 3.8) is 0 Å². The van der Waals surface area contributed by atoms with Crippen molar-refractivity contribution in [2.24, 2.45) is 0 Å². The summed E-state index contributed by atoms with van der Waals surface area (Å²) in [5, 5.41) is 3.00. The molecule has 1 unspecified atom stereocenters.